The maximum Gasteiger partial charge on any atom is 0.0575 e. The van der Waals surface area contributed by atoms with E-state index in [1.165, 1.54) is 0 Å². The molecule has 0 aliphatic heterocycles. The zero-order valence-electron chi connectivity index (χ0n) is 10.0. The van der Waals surface area contributed by atoms with Crippen LogP contribution in [0.2, 0.25) is 0 Å². The highest BCUT2D eigenvalue weighted by atomic mass is 16.3. The summed E-state index contributed by atoms with van der Waals surface area (Å²) in [4.78, 5) is 0. The summed E-state index contributed by atoms with van der Waals surface area (Å²) in [5, 5.41) is 29.5. The van der Waals surface area contributed by atoms with Gasteiger partial charge in [0.2, 0.25) is 0 Å². The zero-order valence-corrected chi connectivity index (χ0v) is 10.0. The van der Waals surface area contributed by atoms with Gasteiger partial charge in [0, 0.05) is 6.61 Å². The number of hydrogen-bond acceptors (Lipinski definition) is 3. The van der Waals surface area contributed by atoms with Gasteiger partial charge < -0.3 is 15.3 Å². The second kappa shape index (κ2) is 5.03. The Morgan fingerprint density at radius 2 is 1.75 bits per heavy atom. The monoisotopic (exact) mass is 228 g/mol. The quantitative estimate of drug-likeness (QED) is 0.665. The predicted molar refractivity (Wildman–Crippen MR) is 61.8 cm³/mol. The molecule has 0 radical (unpaired) electrons. The van der Waals surface area contributed by atoms with E-state index < -0.39 is 0 Å². The Bertz CT molecular complexity index is 231. The van der Waals surface area contributed by atoms with Crippen molar-refractivity contribution in [3.8, 4) is 0 Å². The molecule has 0 bridgehead atoms. The second-order valence-corrected chi connectivity index (χ2v) is 5.64. The van der Waals surface area contributed by atoms with E-state index in [0.29, 0.717) is 11.8 Å². The van der Waals surface area contributed by atoms with Crippen molar-refractivity contribution in [3.05, 3.63) is 0 Å². The molecule has 2 aliphatic carbocycles. The minimum Gasteiger partial charge on any atom is -0.396 e. The van der Waals surface area contributed by atoms with Crippen LogP contribution in [0.25, 0.3) is 0 Å². The van der Waals surface area contributed by atoms with Gasteiger partial charge in [-0.2, -0.15) is 0 Å². The molecule has 6 atom stereocenters. The van der Waals surface area contributed by atoms with E-state index in [1.807, 2.05) is 0 Å². The highest BCUT2D eigenvalue weighted by molar-refractivity contribution is 4.95. The van der Waals surface area contributed by atoms with Crippen LogP contribution >= 0.6 is 0 Å². The standard InChI is InChI=1S/C13H24O3/c1-2-9-5-8(7-14)6-10-11(15)3-4-12(16)13(9)10/h8-16H,2-7H2,1H3/t8?,9-,10-,11-,12+,13-/m0/s1. The van der Waals surface area contributed by atoms with Crippen molar-refractivity contribution >= 4 is 0 Å². The van der Waals surface area contributed by atoms with Crippen LogP contribution in [0, 0.1) is 23.7 Å². The van der Waals surface area contributed by atoms with Crippen molar-refractivity contribution in [3.63, 3.8) is 0 Å². The van der Waals surface area contributed by atoms with E-state index in [2.05, 4.69) is 6.92 Å². The summed E-state index contributed by atoms with van der Waals surface area (Å²) in [6, 6.07) is 0. The Morgan fingerprint density at radius 3 is 2.38 bits per heavy atom. The van der Waals surface area contributed by atoms with E-state index >= 15 is 0 Å². The molecule has 3 nitrogen and oxygen atoms in total. The third kappa shape index (κ3) is 2.13. The highest BCUT2D eigenvalue weighted by Crippen LogP contribution is 2.47. The largest absolute Gasteiger partial charge is 0.396 e. The van der Waals surface area contributed by atoms with Gasteiger partial charge in [0.1, 0.15) is 0 Å². The fourth-order valence-corrected chi connectivity index (χ4v) is 3.92. The lowest BCUT2D eigenvalue weighted by atomic mass is 9.60. The summed E-state index contributed by atoms with van der Waals surface area (Å²) in [5.41, 5.74) is 0. The number of hydrogen-bond donors (Lipinski definition) is 3. The maximum absolute atomic E-state index is 10.1. The summed E-state index contributed by atoms with van der Waals surface area (Å²) in [6.45, 7) is 2.37. The normalized spacial score (nSPS) is 48.8. The molecular formula is C13H24O3. The molecule has 2 aliphatic rings. The molecule has 2 fully saturated rings. The first-order chi connectivity index (χ1) is 7.67. The first-order valence-electron chi connectivity index (χ1n) is 6.64. The number of aliphatic hydroxyl groups excluding tert-OH is 3. The van der Waals surface area contributed by atoms with Gasteiger partial charge in [0.05, 0.1) is 12.2 Å². The Balaban J connectivity index is 2.15. The maximum atomic E-state index is 10.1. The van der Waals surface area contributed by atoms with Crippen molar-refractivity contribution in [1.82, 2.24) is 0 Å². The van der Waals surface area contributed by atoms with E-state index in [1.54, 1.807) is 0 Å². The average Bonchev–Trinajstić information content (AvgIpc) is 2.32. The van der Waals surface area contributed by atoms with Gasteiger partial charge >= 0.3 is 0 Å². The van der Waals surface area contributed by atoms with Crippen LogP contribution in [0.1, 0.15) is 39.0 Å². The third-order valence-electron chi connectivity index (χ3n) is 4.76. The van der Waals surface area contributed by atoms with Crippen LogP contribution in [-0.2, 0) is 0 Å². The van der Waals surface area contributed by atoms with Gasteiger partial charge in [-0.3, -0.25) is 0 Å². The minimum atomic E-state index is -0.267. The molecule has 0 amide bonds. The summed E-state index contributed by atoms with van der Waals surface area (Å²) >= 11 is 0. The third-order valence-corrected chi connectivity index (χ3v) is 4.76. The van der Waals surface area contributed by atoms with Gasteiger partial charge in [-0.25, -0.2) is 0 Å². The van der Waals surface area contributed by atoms with Gasteiger partial charge in [0.25, 0.3) is 0 Å². The lowest BCUT2D eigenvalue weighted by Crippen LogP contribution is -2.49. The lowest BCUT2D eigenvalue weighted by Gasteiger charge is -2.48. The number of aliphatic hydroxyl groups is 3. The zero-order chi connectivity index (χ0) is 11.7. The Labute approximate surface area is 97.5 Å². The van der Waals surface area contributed by atoms with Crippen LogP contribution in [0.5, 0.6) is 0 Å². The Hall–Kier alpha value is -0.120. The minimum absolute atomic E-state index is 0.208. The summed E-state index contributed by atoms with van der Waals surface area (Å²) in [5.74, 6) is 1.27. The molecule has 2 rings (SSSR count). The number of rotatable bonds is 2. The first-order valence-corrected chi connectivity index (χ1v) is 6.64. The van der Waals surface area contributed by atoms with E-state index in [9.17, 15) is 15.3 Å². The van der Waals surface area contributed by atoms with Crippen LogP contribution < -0.4 is 0 Å². The summed E-state index contributed by atoms with van der Waals surface area (Å²) in [7, 11) is 0. The van der Waals surface area contributed by atoms with Crippen LogP contribution in [-0.4, -0.2) is 34.1 Å². The van der Waals surface area contributed by atoms with Gasteiger partial charge in [-0.1, -0.05) is 13.3 Å². The Morgan fingerprint density at radius 1 is 1.06 bits per heavy atom. The van der Waals surface area contributed by atoms with E-state index in [-0.39, 0.29) is 30.7 Å². The molecule has 0 aromatic heterocycles. The lowest BCUT2D eigenvalue weighted by molar-refractivity contribution is -0.102. The van der Waals surface area contributed by atoms with Crippen LogP contribution in [0.4, 0.5) is 0 Å². The molecule has 0 saturated heterocycles. The van der Waals surface area contributed by atoms with Crippen molar-refractivity contribution < 1.29 is 15.3 Å². The van der Waals surface area contributed by atoms with E-state index in [4.69, 9.17) is 0 Å². The van der Waals surface area contributed by atoms with Crippen molar-refractivity contribution in [2.24, 2.45) is 23.7 Å². The van der Waals surface area contributed by atoms with Crippen molar-refractivity contribution in [2.45, 2.75) is 51.2 Å². The molecule has 0 heterocycles. The summed E-state index contributed by atoms with van der Waals surface area (Å²) < 4.78 is 0. The molecule has 1 unspecified atom stereocenters. The van der Waals surface area contributed by atoms with Gasteiger partial charge in [-0.05, 0) is 49.4 Å². The second-order valence-electron chi connectivity index (χ2n) is 5.64. The molecule has 3 heteroatoms. The van der Waals surface area contributed by atoms with Crippen molar-refractivity contribution in [2.75, 3.05) is 6.61 Å². The van der Waals surface area contributed by atoms with Gasteiger partial charge in [0.15, 0.2) is 0 Å². The molecule has 3 N–H and O–H groups in total. The fraction of sp³-hybridized carbons (Fsp3) is 1.00. The Kier molecular flexibility index (Phi) is 3.88. The smallest absolute Gasteiger partial charge is 0.0575 e. The predicted octanol–water partition coefficient (Wildman–Crippen LogP) is 1.16. The van der Waals surface area contributed by atoms with Gasteiger partial charge in [-0.15, -0.1) is 0 Å². The topological polar surface area (TPSA) is 60.7 Å². The first kappa shape index (κ1) is 12.3. The van der Waals surface area contributed by atoms with Crippen molar-refractivity contribution in [1.29, 1.82) is 0 Å². The van der Waals surface area contributed by atoms with E-state index in [0.717, 1.165) is 32.1 Å². The molecule has 0 spiro atoms. The molecule has 0 aromatic rings. The van der Waals surface area contributed by atoms with Crippen LogP contribution in [0.15, 0.2) is 0 Å². The molecule has 2 saturated carbocycles. The molecule has 16 heavy (non-hydrogen) atoms. The number of fused-ring (bicyclic) bond motifs is 1. The highest BCUT2D eigenvalue weighted by Gasteiger charge is 2.45. The fourth-order valence-electron chi connectivity index (χ4n) is 3.92. The molecular weight excluding hydrogens is 204 g/mol. The molecule has 0 aromatic carbocycles. The van der Waals surface area contributed by atoms with Crippen LogP contribution in [0.3, 0.4) is 0 Å². The average molecular weight is 228 g/mol. The molecule has 94 valence electrons. The summed E-state index contributed by atoms with van der Waals surface area (Å²) in [6.07, 6.45) is 3.89. The SMILES string of the molecule is CC[C@H]1CC(CO)C[C@@H]2[C@H]1[C@H](O)CC[C@@H]2O.